The molecule has 0 aliphatic heterocycles. The van der Waals surface area contributed by atoms with Crippen LogP contribution in [0.25, 0.3) is 0 Å². The second-order valence-corrected chi connectivity index (χ2v) is 20.6. The van der Waals surface area contributed by atoms with Gasteiger partial charge in [-0.2, -0.15) is 0 Å². The van der Waals surface area contributed by atoms with Crippen molar-refractivity contribution in [2.24, 2.45) is 0 Å². The van der Waals surface area contributed by atoms with E-state index < -0.39 is 16.1 Å². The van der Waals surface area contributed by atoms with Crippen LogP contribution in [0, 0.1) is 0 Å². The van der Waals surface area contributed by atoms with E-state index in [1.807, 2.05) is 0 Å². The number of methoxy groups -OCH3 is 1. The highest BCUT2D eigenvalue weighted by atomic mass is 28.3. The zero-order valence-corrected chi connectivity index (χ0v) is 18.6. The minimum atomic E-state index is -1.27. The summed E-state index contributed by atoms with van der Waals surface area (Å²) >= 11 is 0. The Bertz CT molecular complexity index is 622. The van der Waals surface area contributed by atoms with Gasteiger partial charge in [0, 0.05) is 16.1 Å². The van der Waals surface area contributed by atoms with Gasteiger partial charge in [-0.05, 0) is 66.1 Å². The van der Waals surface area contributed by atoms with Crippen LogP contribution in [0.4, 0.5) is 0 Å². The van der Waals surface area contributed by atoms with Crippen molar-refractivity contribution in [3.63, 3.8) is 0 Å². The fourth-order valence-electron chi connectivity index (χ4n) is 3.80. The van der Waals surface area contributed by atoms with Gasteiger partial charge in [0.15, 0.2) is 0 Å². The molecule has 1 aromatic rings. The summed E-state index contributed by atoms with van der Waals surface area (Å²) in [6.45, 7) is 14.7. The van der Waals surface area contributed by atoms with Crippen molar-refractivity contribution in [2.75, 3.05) is 7.11 Å². The maximum absolute atomic E-state index is 12.4. The Balaban J connectivity index is 2.71. The number of ether oxygens (including phenoxy) is 1. The normalized spacial score (nSPS) is 15.1. The number of carbonyl (C=O) groups excluding carboxylic acids is 1. The molecule has 0 saturated heterocycles. The highest BCUT2D eigenvalue weighted by molar-refractivity contribution is 6.76. The molecule has 0 saturated carbocycles. The Morgan fingerprint density at radius 3 is 2.04 bits per heavy atom. The third kappa shape index (κ3) is 4.82. The van der Waals surface area contributed by atoms with E-state index in [2.05, 4.69) is 45.3 Å². The van der Waals surface area contributed by atoms with Crippen LogP contribution in [0.5, 0.6) is 0 Å². The van der Waals surface area contributed by atoms with Gasteiger partial charge < -0.3 is 4.74 Å². The lowest BCUT2D eigenvalue weighted by Crippen LogP contribution is -2.31. The smallest absolute Gasteiger partial charge is 0.338 e. The summed E-state index contributed by atoms with van der Waals surface area (Å²) in [5.41, 5.74) is 6.70. The summed E-state index contributed by atoms with van der Waals surface area (Å²) in [6, 6.07) is 4.58. The molecule has 0 aromatic heterocycles. The molecule has 0 amide bonds. The summed E-state index contributed by atoms with van der Waals surface area (Å²) < 4.78 is 5.11. The lowest BCUT2D eigenvalue weighted by atomic mass is 9.85. The standard InChI is InChI=1S/C20H34O2Si2/c1-22-20(21)17-12-15-10-8-9-11-16(17)19(14-24(5,6)7)18(15)13-23(2,3)4/h12H,8-11,13-14H2,1-7H3. The van der Waals surface area contributed by atoms with E-state index in [4.69, 9.17) is 4.74 Å². The van der Waals surface area contributed by atoms with E-state index in [9.17, 15) is 4.79 Å². The van der Waals surface area contributed by atoms with Crippen molar-refractivity contribution in [3.8, 4) is 0 Å². The molecule has 2 aliphatic carbocycles. The summed E-state index contributed by atoms with van der Waals surface area (Å²) in [5.74, 6) is -0.149. The van der Waals surface area contributed by atoms with Gasteiger partial charge in [0.2, 0.25) is 0 Å². The van der Waals surface area contributed by atoms with Gasteiger partial charge in [-0.15, -0.1) is 0 Å². The first-order valence-electron chi connectivity index (χ1n) is 9.27. The molecule has 2 nitrogen and oxygen atoms in total. The Morgan fingerprint density at radius 2 is 1.50 bits per heavy atom. The molecule has 4 heteroatoms. The number of carbonyl (C=O) groups is 1. The molecule has 0 fully saturated rings. The molecule has 0 unspecified atom stereocenters. The zero-order chi connectivity index (χ0) is 18.1. The molecule has 2 aliphatic rings. The number of hydrogen-bond donors (Lipinski definition) is 0. The second-order valence-electron chi connectivity index (χ2n) is 9.69. The lowest BCUT2D eigenvalue weighted by Gasteiger charge is -2.30. The van der Waals surface area contributed by atoms with Crippen molar-refractivity contribution >= 4 is 22.1 Å². The van der Waals surface area contributed by atoms with Gasteiger partial charge in [0.1, 0.15) is 0 Å². The van der Waals surface area contributed by atoms with Crippen LogP contribution in [-0.2, 0) is 29.7 Å². The average Bonchev–Trinajstić information content (AvgIpc) is 2.39. The van der Waals surface area contributed by atoms with Crippen LogP contribution in [0.1, 0.15) is 45.5 Å². The van der Waals surface area contributed by atoms with Crippen LogP contribution in [-0.4, -0.2) is 29.2 Å². The van der Waals surface area contributed by atoms with Gasteiger partial charge in [-0.3, -0.25) is 0 Å². The van der Waals surface area contributed by atoms with E-state index in [1.54, 1.807) is 5.56 Å². The fourth-order valence-corrected chi connectivity index (χ4v) is 6.79. The van der Waals surface area contributed by atoms with E-state index in [1.165, 1.54) is 48.7 Å². The maximum Gasteiger partial charge on any atom is 0.338 e. The maximum atomic E-state index is 12.4. The van der Waals surface area contributed by atoms with Gasteiger partial charge >= 0.3 is 5.97 Å². The van der Waals surface area contributed by atoms with E-state index in [0.29, 0.717) is 0 Å². The molecular weight excluding hydrogens is 328 g/mol. The minimum Gasteiger partial charge on any atom is -0.465 e. The first kappa shape index (κ1) is 19.4. The van der Waals surface area contributed by atoms with Crippen molar-refractivity contribution in [2.45, 2.75) is 77.1 Å². The van der Waals surface area contributed by atoms with Crippen LogP contribution in [0.3, 0.4) is 0 Å². The van der Waals surface area contributed by atoms with Crippen molar-refractivity contribution in [1.82, 2.24) is 0 Å². The molecule has 24 heavy (non-hydrogen) atoms. The monoisotopic (exact) mass is 362 g/mol. The highest BCUT2D eigenvalue weighted by Gasteiger charge is 2.29. The average molecular weight is 363 g/mol. The number of aryl methyl sites for hydroxylation is 1. The quantitative estimate of drug-likeness (QED) is 0.532. The van der Waals surface area contributed by atoms with Crippen LogP contribution < -0.4 is 0 Å². The van der Waals surface area contributed by atoms with Crippen LogP contribution in [0.2, 0.25) is 39.3 Å². The first-order valence-corrected chi connectivity index (χ1v) is 16.7. The van der Waals surface area contributed by atoms with Crippen molar-refractivity contribution in [1.29, 1.82) is 0 Å². The zero-order valence-electron chi connectivity index (χ0n) is 16.6. The first-order chi connectivity index (χ1) is 11.0. The molecule has 0 radical (unpaired) electrons. The third-order valence-corrected chi connectivity index (χ3v) is 7.53. The van der Waals surface area contributed by atoms with Crippen molar-refractivity contribution < 1.29 is 9.53 Å². The van der Waals surface area contributed by atoms with Crippen molar-refractivity contribution in [3.05, 3.63) is 33.9 Å². The number of benzene rings is 1. The summed E-state index contributed by atoms with van der Waals surface area (Å²) in [5, 5.41) is 0. The third-order valence-electron chi connectivity index (χ3n) is 4.70. The van der Waals surface area contributed by atoms with Crippen LogP contribution >= 0.6 is 0 Å². The molecule has 2 bridgehead atoms. The van der Waals surface area contributed by atoms with Gasteiger partial charge in [-0.25, -0.2) is 4.79 Å². The number of esters is 1. The molecule has 134 valence electrons. The Labute approximate surface area is 150 Å². The molecule has 1 aromatic carbocycles. The molecule has 0 spiro atoms. The molecule has 0 heterocycles. The summed E-state index contributed by atoms with van der Waals surface area (Å²) in [7, 11) is -0.981. The summed E-state index contributed by atoms with van der Waals surface area (Å²) in [4.78, 5) is 12.4. The number of fused-ring (bicyclic) bond motifs is 5. The van der Waals surface area contributed by atoms with E-state index in [-0.39, 0.29) is 5.97 Å². The lowest BCUT2D eigenvalue weighted by molar-refractivity contribution is 0.0599. The van der Waals surface area contributed by atoms with Gasteiger partial charge in [0.05, 0.1) is 12.7 Å². The van der Waals surface area contributed by atoms with E-state index in [0.717, 1.165) is 18.4 Å². The Morgan fingerprint density at radius 1 is 0.958 bits per heavy atom. The molecule has 3 rings (SSSR count). The number of rotatable bonds is 5. The topological polar surface area (TPSA) is 26.3 Å². The van der Waals surface area contributed by atoms with Gasteiger partial charge in [-0.1, -0.05) is 39.3 Å². The van der Waals surface area contributed by atoms with Gasteiger partial charge in [0.25, 0.3) is 0 Å². The predicted octanol–water partition coefficient (Wildman–Crippen LogP) is 5.19. The van der Waals surface area contributed by atoms with E-state index >= 15 is 0 Å². The molecule has 0 N–H and O–H groups in total. The molecule has 0 atom stereocenters. The number of hydrogen-bond acceptors (Lipinski definition) is 2. The highest BCUT2D eigenvalue weighted by Crippen LogP contribution is 2.34. The SMILES string of the molecule is COC(=O)c1cc2c(C[Si](C)(C)C)c(C[Si](C)(C)C)c1CCCC2. The molecular formula is C20H34O2Si2. The summed E-state index contributed by atoms with van der Waals surface area (Å²) in [6.07, 6.45) is 4.56. The Kier molecular flexibility index (Phi) is 5.80. The minimum absolute atomic E-state index is 0.149. The fraction of sp³-hybridized carbons (Fsp3) is 0.650. The largest absolute Gasteiger partial charge is 0.465 e. The predicted molar refractivity (Wildman–Crippen MR) is 109 cm³/mol. The second kappa shape index (κ2) is 7.16. The van der Waals surface area contributed by atoms with Crippen LogP contribution in [0.15, 0.2) is 6.07 Å². The Hall–Kier alpha value is -0.876.